The van der Waals surface area contributed by atoms with Gasteiger partial charge < -0.3 is 9.84 Å². The van der Waals surface area contributed by atoms with E-state index in [-0.39, 0.29) is 18.3 Å². The zero-order valence-corrected chi connectivity index (χ0v) is 9.37. The second-order valence-electron chi connectivity index (χ2n) is 3.51. The lowest BCUT2D eigenvalue weighted by Gasteiger charge is -2.13. The molecule has 1 unspecified atom stereocenters. The number of hydrogen-bond donors (Lipinski definition) is 1. The summed E-state index contributed by atoms with van der Waals surface area (Å²) in [6.07, 6.45) is 0. The van der Waals surface area contributed by atoms with Gasteiger partial charge in [-0.3, -0.25) is 4.79 Å². The molecule has 14 heavy (non-hydrogen) atoms. The lowest BCUT2D eigenvalue weighted by molar-refractivity contribution is -0.137. The van der Waals surface area contributed by atoms with Crippen LogP contribution in [0.3, 0.4) is 0 Å². The average Bonchev–Trinajstić information content (AvgIpc) is 1.96. The van der Waals surface area contributed by atoms with Crippen LogP contribution in [0.25, 0.3) is 0 Å². The molecule has 0 aliphatic carbocycles. The first-order chi connectivity index (χ1) is 6.31. The summed E-state index contributed by atoms with van der Waals surface area (Å²) >= 11 is 0. The Kier molecular flexibility index (Phi) is 5.07. The monoisotopic (exact) mass is 224 g/mol. The van der Waals surface area contributed by atoms with Gasteiger partial charge in [0.05, 0.1) is 12.4 Å². The van der Waals surface area contributed by atoms with Crippen LogP contribution in [0.1, 0.15) is 13.8 Å². The molecule has 5 nitrogen and oxygen atoms in total. The Labute approximate surface area is 84.0 Å². The van der Waals surface area contributed by atoms with Crippen molar-refractivity contribution in [1.82, 2.24) is 0 Å². The van der Waals surface area contributed by atoms with Crippen LogP contribution >= 0.6 is 0 Å². The van der Waals surface area contributed by atoms with Crippen LogP contribution in [0.15, 0.2) is 0 Å². The van der Waals surface area contributed by atoms with Gasteiger partial charge in [0, 0.05) is 7.11 Å². The predicted octanol–water partition coefficient (Wildman–Crippen LogP) is 0.157. The van der Waals surface area contributed by atoms with Gasteiger partial charge in [0.1, 0.15) is 0 Å². The molecule has 0 radical (unpaired) electrons. The highest BCUT2D eigenvalue weighted by molar-refractivity contribution is 7.92. The minimum absolute atomic E-state index is 0.0845. The van der Waals surface area contributed by atoms with Crippen LogP contribution in [0.4, 0.5) is 0 Å². The SMILES string of the molecule is COCC(C(=O)O)S(=O)(=O)CC(C)C. The van der Waals surface area contributed by atoms with E-state index >= 15 is 0 Å². The number of carboxylic acid groups (broad SMARTS) is 1. The first-order valence-electron chi connectivity index (χ1n) is 4.24. The summed E-state index contributed by atoms with van der Waals surface area (Å²) < 4.78 is 27.6. The molecule has 0 aliphatic heterocycles. The maximum Gasteiger partial charge on any atom is 0.324 e. The molecule has 0 spiro atoms. The molecule has 0 saturated heterocycles. The summed E-state index contributed by atoms with van der Waals surface area (Å²) in [4.78, 5) is 10.7. The van der Waals surface area contributed by atoms with Gasteiger partial charge in [-0.25, -0.2) is 8.42 Å². The second-order valence-corrected chi connectivity index (χ2v) is 5.73. The number of carboxylic acids is 1. The van der Waals surface area contributed by atoms with Crippen LogP contribution in [0, 0.1) is 5.92 Å². The van der Waals surface area contributed by atoms with E-state index in [1.54, 1.807) is 13.8 Å². The van der Waals surface area contributed by atoms with Crippen molar-refractivity contribution in [3.63, 3.8) is 0 Å². The number of ether oxygens (including phenoxy) is 1. The van der Waals surface area contributed by atoms with Gasteiger partial charge in [0.15, 0.2) is 15.1 Å². The molecule has 0 fully saturated rings. The highest BCUT2D eigenvalue weighted by Gasteiger charge is 2.32. The number of methoxy groups -OCH3 is 1. The lowest BCUT2D eigenvalue weighted by atomic mass is 10.3. The van der Waals surface area contributed by atoms with Crippen molar-refractivity contribution in [2.24, 2.45) is 5.92 Å². The molecule has 0 saturated carbocycles. The Morgan fingerprint density at radius 3 is 2.21 bits per heavy atom. The third kappa shape index (κ3) is 4.06. The van der Waals surface area contributed by atoms with E-state index in [9.17, 15) is 13.2 Å². The van der Waals surface area contributed by atoms with Gasteiger partial charge in [-0.1, -0.05) is 13.8 Å². The van der Waals surface area contributed by atoms with Crippen LogP contribution in [0.2, 0.25) is 0 Å². The molecule has 0 aromatic carbocycles. The molecular formula is C8H16O5S. The number of hydrogen-bond acceptors (Lipinski definition) is 4. The summed E-state index contributed by atoms with van der Waals surface area (Å²) in [5, 5.41) is 7.24. The Morgan fingerprint density at radius 2 is 1.93 bits per heavy atom. The first-order valence-corrected chi connectivity index (χ1v) is 5.96. The molecule has 0 bridgehead atoms. The van der Waals surface area contributed by atoms with E-state index in [1.807, 2.05) is 0 Å². The van der Waals surface area contributed by atoms with Crippen LogP contribution in [0.5, 0.6) is 0 Å². The average molecular weight is 224 g/mol. The van der Waals surface area contributed by atoms with Crippen molar-refractivity contribution in [3.05, 3.63) is 0 Å². The number of rotatable bonds is 6. The lowest BCUT2D eigenvalue weighted by Crippen LogP contribution is -2.37. The molecule has 6 heteroatoms. The topological polar surface area (TPSA) is 80.7 Å². The molecule has 84 valence electrons. The maximum absolute atomic E-state index is 11.5. The molecule has 0 aliphatic rings. The first kappa shape index (κ1) is 13.4. The molecule has 0 rings (SSSR count). The fraction of sp³-hybridized carbons (Fsp3) is 0.875. The van der Waals surface area contributed by atoms with E-state index in [0.29, 0.717) is 0 Å². The normalized spacial score (nSPS) is 14.3. The van der Waals surface area contributed by atoms with E-state index in [1.165, 1.54) is 7.11 Å². The molecular weight excluding hydrogens is 208 g/mol. The maximum atomic E-state index is 11.5. The van der Waals surface area contributed by atoms with Crippen LogP contribution in [-0.2, 0) is 19.4 Å². The van der Waals surface area contributed by atoms with Crippen LogP contribution < -0.4 is 0 Å². The van der Waals surface area contributed by atoms with Crippen molar-refractivity contribution < 1.29 is 23.1 Å². The summed E-state index contributed by atoms with van der Waals surface area (Å²) in [7, 11) is -2.33. The van der Waals surface area contributed by atoms with Gasteiger partial charge in [0.25, 0.3) is 0 Å². The van der Waals surface area contributed by atoms with E-state index < -0.39 is 21.1 Å². The minimum atomic E-state index is -3.61. The van der Waals surface area contributed by atoms with Crippen molar-refractivity contribution in [1.29, 1.82) is 0 Å². The van der Waals surface area contributed by atoms with Gasteiger partial charge >= 0.3 is 5.97 Å². The smallest absolute Gasteiger partial charge is 0.324 e. The summed E-state index contributed by atoms with van der Waals surface area (Å²) in [6, 6.07) is 0. The second kappa shape index (κ2) is 5.31. The zero-order valence-electron chi connectivity index (χ0n) is 8.56. The molecule has 0 amide bonds. The fourth-order valence-electron chi connectivity index (χ4n) is 1.06. The van der Waals surface area contributed by atoms with Crippen molar-refractivity contribution in [3.8, 4) is 0 Å². The van der Waals surface area contributed by atoms with E-state index in [4.69, 9.17) is 5.11 Å². The number of carbonyl (C=O) groups is 1. The van der Waals surface area contributed by atoms with Crippen molar-refractivity contribution in [2.45, 2.75) is 19.1 Å². The largest absolute Gasteiger partial charge is 0.480 e. The highest BCUT2D eigenvalue weighted by atomic mass is 32.2. The Balaban J connectivity index is 4.72. The Bertz CT molecular complexity index is 280. The summed E-state index contributed by atoms with van der Waals surface area (Å²) in [6.45, 7) is 3.15. The van der Waals surface area contributed by atoms with Crippen molar-refractivity contribution >= 4 is 15.8 Å². The van der Waals surface area contributed by atoms with Gasteiger partial charge in [-0.2, -0.15) is 0 Å². The molecule has 0 aromatic heterocycles. The summed E-state index contributed by atoms with van der Waals surface area (Å²) in [5.74, 6) is -1.57. The molecule has 1 atom stereocenters. The van der Waals surface area contributed by atoms with Gasteiger partial charge in [-0.15, -0.1) is 0 Å². The fourth-order valence-corrected chi connectivity index (χ4v) is 2.87. The third-order valence-corrected chi connectivity index (χ3v) is 3.93. The minimum Gasteiger partial charge on any atom is -0.480 e. The summed E-state index contributed by atoms with van der Waals surface area (Å²) in [5.41, 5.74) is 0. The molecule has 0 heterocycles. The zero-order chi connectivity index (χ0) is 11.4. The predicted molar refractivity (Wildman–Crippen MR) is 51.9 cm³/mol. The quantitative estimate of drug-likeness (QED) is 0.695. The number of sulfone groups is 1. The van der Waals surface area contributed by atoms with Crippen molar-refractivity contribution in [2.75, 3.05) is 19.5 Å². The Morgan fingerprint density at radius 1 is 1.43 bits per heavy atom. The highest BCUT2D eigenvalue weighted by Crippen LogP contribution is 2.08. The van der Waals surface area contributed by atoms with Gasteiger partial charge in [0.2, 0.25) is 0 Å². The van der Waals surface area contributed by atoms with E-state index in [0.717, 1.165) is 0 Å². The third-order valence-electron chi connectivity index (χ3n) is 1.59. The van der Waals surface area contributed by atoms with Gasteiger partial charge in [-0.05, 0) is 5.92 Å². The standard InChI is InChI=1S/C8H16O5S/c1-6(2)5-14(11,12)7(4-13-3)8(9)10/h6-7H,4-5H2,1-3H3,(H,9,10). The number of aliphatic carboxylic acids is 1. The molecule has 1 N–H and O–H groups in total. The van der Waals surface area contributed by atoms with Crippen LogP contribution in [-0.4, -0.2) is 44.2 Å². The Hall–Kier alpha value is -0.620. The molecule has 0 aromatic rings. The van der Waals surface area contributed by atoms with E-state index in [2.05, 4.69) is 4.74 Å².